The van der Waals surface area contributed by atoms with Crippen molar-refractivity contribution in [2.75, 3.05) is 32.6 Å². The quantitative estimate of drug-likeness (QED) is 0.538. The summed E-state index contributed by atoms with van der Waals surface area (Å²) in [5.74, 6) is 1.00. The maximum absolute atomic E-state index is 12.9. The van der Waals surface area contributed by atoms with Gasteiger partial charge in [0.05, 0.1) is 29.7 Å². The number of nitrogens with zero attached hydrogens (tertiary/aromatic N) is 2. The fraction of sp³-hybridized carbons (Fsp3) is 0.368. The van der Waals surface area contributed by atoms with Gasteiger partial charge >= 0.3 is 0 Å². The number of methoxy groups -OCH3 is 2. The minimum atomic E-state index is -3.77. The first kappa shape index (κ1) is 20.9. The summed E-state index contributed by atoms with van der Waals surface area (Å²) >= 11 is 0. The maximum Gasteiger partial charge on any atom is 0.294 e. The van der Waals surface area contributed by atoms with E-state index in [1.165, 1.54) is 30.7 Å². The second-order valence-corrected chi connectivity index (χ2v) is 8.53. The van der Waals surface area contributed by atoms with E-state index in [2.05, 4.69) is 5.32 Å². The first-order valence-electron chi connectivity index (χ1n) is 9.14. The van der Waals surface area contributed by atoms with Crippen LogP contribution in [0.3, 0.4) is 0 Å². The van der Waals surface area contributed by atoms with Crippen LogP contribution in [-0.2, 0) is 10.0 Å². The van der Waals surface area contributed by atoms with Gasteiger partial charge in [0.2, 0.25) is 10.0 Å². The predicted octanol–water partition coefficient (Wildman–Crippen LogP) is 3.53. The average Bonchev–Trinajstić information content (AvgIpc) is 2.74. The Morgan fingerprint density at radius 1 is 1.00 bits per heavy atom. The Hall–Kier alpha value is -2.85. The van der Waals surface area contributed by atoms with E-state index in [0.717, 1.165) is 25.3 Å². The van der Waals surface area contributed by atoms with Gasteiger partial charge in [-0.2, -0.15) is 4.31 Å². The molecule has 9 nitrogen and oxygen atoms in total. The SMILES string of the molecule is COc1ccc(OC)c(Nc2ccc(S(=O)(=O)N3CCCCC3)cc2[N+](=O)[O-])c1. The van der Waals surface area contributed by atoms with Crippen molar-refractivity contribution >= 4 is 27.1 Å². The van der Waals surface area contributed by atoms with Gasteiger partial charge in [0.15, 0.2) is 0 Å². The molecule has 0 atom stereocenters. The number of sulfonamides is 1. The number of anilines is 2. The molecule has 0 spiro atoms. The maximum atomic E-state index is 12.9. The van der Waals surface area contributed by atoms with Crippen LogP contribution in [0.2, 0.25) is 0 Å². The Kier molecular flexibility index (Phi) is 6.23. The van der Waals surface area contributed by atoms with Crippen LogP contribution in [0, 0.1) is 10.1 Å². The number of rotatable bonds is 7. The highest BCUT2D eigenvalue weighted by Crippen LogP contribution is 2.36. The molecule has 10 heteroatoms. The van der Waals surface area contributed by atoms with Crippen molar-refractivity contribution in [3.8, 4) is 11.5 Å². The van der Waals surface area contributed by atoms with E-state index in [1.807, 2.05) is 0 Å². The lowest BCUT2D eigenvalue weighted by molar-refractivity contribution is -0.384. The molecule has 2 aromatic rings. The third kappa shape index (κ3) is 4.43. The second-order valence-electron chi connectivity index (χ2n) is 6.59. The minimum absolute atomic E-state index is 0.0887. The van der Waals surface area contributed by atoms with Gasteiger partial charge < -0.3 is 14.8 Å². The summed E-state index contributed by atoms with van der Waals surface area (Å²) in [6.07, 6.45) is 2.56. The number of nitro benzene ring substituents is 1. The van der Waals surface area contributed by atoms with Crippen LogP contribution < -0.4 is 14.8 Å². The summed E-state index contributed by atoms with van der Waals surface area (Å²) in [7, 11) is -0.785. The summed E-state index contributed by atoms with van der Waals surface area (Å²) in [5, 5.41) is 14.6. The molecule has 1 aliphatic heterocycles. The Morgan fingerprint density at radius 2 is 1.72 bits per heavy atom. The van der Waals surface area contributed by atoms with Crippen molar-refractivity contribution in [1.29, 1.82) is 0 Å². The van der Waals surface area contributed by atoms with Crippen molar-refractivity contribution in [1.82, 2.24) is 4.31 Å². The van der Waals surface area contributed by atoms with Gasteiger partial charge in [-0.05, 0) is 37.1 Å². The molecular formula is C19H23N3O6S. The number of benzene rings is 2. The average molecular weight is 421 g/mol. The number of nitrogens with one attached hydrogen (secondary N) is 1. The van der Waals surface area contributed by atoms with Crippen LogP contribution >= 0.6 is 0 Å². The van der Waals surface area contributed by atoms with E-state index >= 15 is 0 Å². The summed E-state index contributed by atoms with van der Waals surface area (Å²) in [4.78, 5) is 11.0. The minimum Gasteiger partial charge on any atom is -0.497 e. The molecule has 1 aliphatic rings. The fourth-order valence-corrected chi connectivity index (χ4v) is 4.78. The molecule has 0 radical (unpaired) electrons. The molecule has 0 bridgehead atoms. The highest BCUT2D eigenvalue weighted by Gasteiger charge is 2.28. The summed E-state index contributed by atoms with van der Waals surface area (Å²) in [6, 6.07) is 8.88. The third-order valence-corrected chi connectivity index (χ3v) is 6.69. The van der Waals surface area contributed by atoms with Crippen LogP contribution in [0.5, 0.6) is 11.5 Å². The summed E-state index contributed by atoms with van der Waals surface area (Å²) in [5.41, 5.74) is 0.272. The van der Waals surface area contributed by atoms with Gasteiger partial charge in [-0.1, -0.05) is 6.42 Å². The van der Waals surface area contributed by atoms with Crippen LogP contribution in [0.1, 0.15) is 19.3 Å². The molecule has 1 N–H and O–H groups in total. The number of hydrogen-bond donors (Lipinski definition) is 1. The fourth-order valence-electron chi connectivity index (χ4n) is 3.24. The Labute approximate surface area is 169 Å². The standard InChI is InChI=1S/C19H23N3O6S/c1-27-14-6-9-19(28-2)17(12-14)20-16-8-7-15(13-18(16)22(23)24)29(25,26)21-10-4-3-5-11-21/h6-9,12-13,20H,3-5,10-11H2,1-2H3. The second kappa shape index (κ2) is 8.66. The predicted molar refractivity (Wildman–Crippen MR) is 109 cm³/mol. The molecule has 2 aromatic carbocycles. The molecule has 1 heterocycles. The van der Waals surface area contributed by atoms with E-state index in [4.69, 9.17) is 9.47 Å². The molecule has 29 heavy (non-hydrogen) atoms. The molecule has 0 saturated carbocycles. The van der Waals surface area contributed by atoms with Gasteiger partial charge in [-0.25, -0.2) is 8.42 Å². The smallest absolute Gasteiger partial charge is 0.294 e. The number of ether oxygens (including phenoxy) is 2. The van der Waals surface area contributed by atoms with Crippen molar-refractivity contribution in [2.24, 2.45) is 0 Å². The summed E-state index contributed by atoms with van der Waals surface area (Å²) in [6.45, 7) is 0.855. The zero-order valence-corrected chi connectivity index (χ0v) is 17.1. The zero-order valence-electron chi connectivity index (χ0n) is 16.3. The Bertz CT molecular complexity index is 1000. The van der Waals surface area contributed by atoms with Crippen LogP contribution in [0.4, 0.5) is 17.1 Å². The normalized spacial score (nSPS) is 15.0. The molecule has 0 unspecified atom stereocenters. The molecule has 0 aliphatic carbocycles. The Balaban J connectivity index is 1.98. The third-order valence-electron chi connectivity index (χ3n) is 4.79. The molecule has 1 fully saturated rings. The van der Waals surface area contributed by atoms with Gasteiger partial charge in [0.25, 0.3) is 5.69 Å². The number of nitro groups is 1. The van der Waals surface area contributed by atoms with Crippen molar-refractivity contribution in [3.05, 3.63) is 46.5 Å². The molecule has 3 rings (SSSR count). The lowest BCUT2D eigenvalue weighted by atomic mass is 10.2. The first-order chi connectivity index (χ1) is 13.9. The van der Waals surface area contributed by atoms with Gasteiger partial charge in [-0.15, -0.1) is 0 Å². The van der Waals surface area contributed by atoms with Gasteiger partial charge in [-0.3, -0.25) is 10.1 Å². The molecule has 0 aromatic heterocycles. The van der Waals surface area contributed by atoms with Crippen molar-refractivity contribution in [2.45, 2.75) is 24.2 Å². The molecule has 156 valence electrons. The van der Waals surface area contributed by atoms with Gasteiger partial charge in [0, 0.05) is 25.2 Å². The van der Waals surface area contributed by atoms with Crippen molar-refractivity contribution < 1.29 is 22.8 Å². The largest absolute Gasteiger partial charge is 0.497 e. The number of piperidine rings is 1. The van der Waals surface area contributed by atoms with E-state index in [9.17, 15) is 18.5 Å². The molecule has 0 amide bonds. The van der Waals surface area contributed by atoms with Crippen molar-refractivity contribution in [3.63, 3.8) is 0 Å². The van der Waals surface area contributed by atoms with Crippen LogP contribution in [-0.4, -0.2) is 45.0 Å². The monoisotopic (exact) mass is 421 g/mol. The lowest BCUT2D eigenvalue weighted by Crippen LogP contribution is -2.35. The zero-order chi connectivity index (χ0) is 21.0. The summed E-state index contributed by atoms with van der Waals surface area (Å²) < 4.78 is 37.6. The van der Waals surface area contributed by atoms with Crippen LogP contribution in [0.15, 0.2) is 41.3 Å². The topological polar surface area (TPSA) is 111 Å². The van der Waals surface area contributed by atoms with Gasteiger partial charge in [0.1, 0.15) is 17.2 Å². The first-order valence-corrected chi connectivity index (χ1v) is 10.6. The van der Waals surface area contributed by atoms with Crippen LogP contribution in [0.25, 0.3) is 0 Å². The number of hydrogen-bond acceptors (Lipinski definition) is 7. The van der Waals surface area contributed by atoms with E-state index in [0.29, 0.717) is 30.3 Å². The molecular weight excluding hydrogens is 398 g/mol. The highest BCUT2D eigenvalue weighted by molar-refractivity contribution is 7.89. The highest BCUT2D eigenvalue weighted by atomic mass is 32.2. The van der Waals surface area contributed by atoms with E-state index < -0.39 is 14.9 Å². The lowest BCUT2D eigenvalue weighted by Gasteiger charge is -2.25. The Morgan fingerprint density at radius 3 is 2.34 bits per heavy atom. The molecule has 1 saturated heterocycles. The van der Waals surface area contributed by atoms with E-state index in [1.54, 1.807) is 18.2 Å². The van der Waals surface area contributed by atoms with E-state index in [-0.39, 0.29) is 16.3 Å².